The number of benzene rings is 1. The van der Waals surface area contributed by atoms with Crippen LogP contribution in [0, 0.1) is 5.92 Å². The maximum Gasteiger partial charge on any atom is 0.248 e. The van der Waals surface area contributed by atoms with E-state index in [0.717, 1.165) is 12.8 Å². The van der Waals surface area contributed by atoms with Gasteiger partial charge in [0.05, 0.1) is 5.69 Å². The van der Waals surface area contributed by atoms with Crippen molar-refractivity contribution in [2.45, 2.75) is 30.2 Å². The van der Waals surface area contributed by atoms with Crippen LogP contribution >= 0.6 is 0 Å². The van der Waals surface area contributed by atoms with Gasteiger partial charge in [-0.2, -0.15) is 0 Å². The Balaban J connectivity index is 2.25. The molecule has 1 aromatic rings. The maximum absolute atomic E-state index is 12.4. The molecule has 0 saturated heterocycles. The highest BCUT2D eigenvalue weighted by Gasteiger charge is 2.31. The minimum absolute atomic E-state index is 0.0302. The number of nitrogens with two attached hydrogens (primary N) is 2. The van der Waals surface area contributed by atoms with E-state index in [4.69, 9.17) is 11.5 Å². The third-order valence-corrected chi connectivity index (χ3v) is 5.35. The van der Waals surface area contributed by atoms with Crippen LogP contribution in [-0.4, -0.2) is 32.1 Å². The molecule has 1 fully saturated rings. The maximum atomic E-state index is 12.4. The Morgan fingerprint density at radius 3 is 2.67 bits per heavy atom. The predicted molar refractivity (Wildman–Crippen MR) is 77.9 cm³/mol. The van der Waals surface area contributed by atoms with Gasteiger partial charge in [-0.1, -0.05) is 6.42 Å². The zero-order chi connectivity index (χ0) is 15.6. The van der Waals surface area contributed by atoms with Crippen molar-refractivity contribution in [3.05, 3.63) is 23.8 Å². The Bertz CT molecular complexity index is 645. The second-order valence-electron chi connectivity index (χ2n) is 5.22. The number of primary amides is 1. The molecule has 2 unspecified atom stereocenters. The number of nitrogen functional groups attached to an aromatic ring is 1. The van der Waals surface area contributed by atoms with Crippen LogP contribution in [0.4, 0.5) is 5.69 Å². The van der Waals surface area contributed by atoms with Gasteiger partial charge in [0.15, 0.2) is 0 Å². The SMILES string of the molecule is NC(=O)c1ccc(S(=O)(=O)NC2CCCC2CO)c(N)c1. The summed E-state index contributed by atoms with van der Waals surface area (Å²) in [6.45, 7) is -0.0523. The lowest BCUT2D eigenvalue weighted by atomic mass is 10.1. The standard InChI is InChI=1S/C13H19N3O4S/c14-10-6-8(13(15)18)4-5-12(10)21(19,20)16-11-3-1-2-9(11)7-17/h4-6,9,11,16-17H,1-3,7,14H2,(H2,15,18). The van der Waals surface area contributed by atoms with Crippen LogP contribution in [0.25, 0.3) is 0 Å². The van der Waals surface area contributed by atoms with Crippen molar-refractivity contribution < 1.29 is 18.3 Å². The van der Waals surface area contributed by atoms with Crippen molar-refractivity contribution in [3.8, 4) is 0 Å². The summed E-state index contributed by atoms with van der Waals surface area (Å²) in [6.07, 6.45) is 2.35. The number of aliphatic hydroxyl groups excluding tert-OH is 1. The summed E-state index contributed by atoms with van der Waals surface area (Å²) >= 11 is 0. The lowest BCUT2D eigenvalue weighted by molar-refractivity contribution is 0.1000. The molecule has 0 radical (unpaired) electrons. The van der Waals surface area contributed by atoms with E-state index in [-0.39, 0.29) is 34.7 Å². The summed E-state index contributed by atoms with van der Waals surface area (Å²) < 4.78 is 27.3. The average Bonchev–Trinajstić information content (AvgIpc) is 2.84. The van der Waals surface area contributed by atoms with Crippen molar-refractivity contribution in [2.24, 2.45) is 11.7 Å². The third kappa shape index (κ3) is 3.34. The highest BCUT2D eigenvalue weighted by Crippen LogP contribution is 2.28. The lowest BCUT2D eigenvalue weighted by Crippen LogP contribution is -2.38. The van der Waals surface area contributed by atoms with E-state index in [1.54, 1.807) is 0 Å². The molecule has 1 aliphatic rings. The largest absolute Gasteiger partial charge is 0.398 e. The predicted octanol–water partition coefficient (Wildman–Crippen LogP) is -0.193. The number of hydrogen-bond acceptors (Lipinski definition) is 5. The normalized spacial score (nSPS) is 22.3. The van der Waals surface area contributed by atoms with Gasteiger partial charge in [-0.15, -0.1) is 0 Å². The van der Waals surface area contributed by atoms with Crippen molar-refractivity contribution in [1.82, 2.24) is 4.72 Å². The number of nitrogens with one attached hydrogen (secondary N) is 1. The van der Waals surface area contributed by atoms with E-state index < -0.39 is 15.9 Å². The average molecular weight is 313 g/mol. The van der Waals surface area contributed by atoms with Crippen LogP contribution in [0.3, 0.4) is 0 Å². The first-order valence-electron chi connectivity index (χ1n) is 6.67. The Morgan fingerprint density at radius 2 is 2.10 bits per heavy atom. The van der Waals surface area contributed by atoms with E-state index >= 15 is 0 Å². The van der Waals surface area contributed by atoms with Crippen LogP contribution in [0.5, 0.6) is 0 Å². The van der Waals surface area contributed by atoms with Gasteiger partial charge in [0.25, 0.3) is 0 Å². The molecule has 8 heteroatoms. The van der Waals surface area contributed by atoms with Crippen LogP contribution in [0.1, 0.15) is 29.6 Å². The van der Waals surface area contributed by atoms with E-state index in [1.165, 1.54) is 18.2 Å². The molecule has 1 saturated carbocycles. The Labute approximate surface area is 123 Å². The van der Waals surface area contributed by atoms with E-state index in [9.17, 15) is 18.3 Å². The first kappa shape index (κ1) is 15.7. The Morgan fingerprint density at radius 1 is 1.38 bits per heavy atom. The first-order chi connectivity index (χ1) is 9.85. The first-order valence-corrected chi connectivity index (χ1v) is 8.16. The summed E-state index contributed by atoms with van der Waals surface area (Å²) in [4.78, 5) is 11.0. The lowest BCUT2D eigenvalue weighted by Gasteiger charge is -2.19. The number of anilines is 1. The van der Waals surface area contributed by atoms with Gasteiger partial charge in [-0.25, -0.2) is 13.1 Å². The monoisotopic (exact) mass is 313 g/mol. The zero-order valence-electron chi connectivity index (χ0n) is 11.5. The van der Waals surface area contributed by atoms with Crippen LogP contribution in [0.2, 0.25) is 0 Å². The van der Waals surface area contributed by atoms with Gasteiger partial charge in [0.1, 0.15) is 4.90 Å². The molecule has 116 valence electrons. The third-order valence-electron chi connectivity index (χ3n) is 3.78. The van der Waals surface area contributed by atoms with Crippen molar-refractivity contribution in [1.29, 1.82) is 0 Å². The quantitative estimate of drug-likeness (QED) is 0.558. The molecule has 1 aromatic carbocycles. The molecule has 0 spiro atoms. The Kier molecular flexibility index (Phi) is 4.50. The topological polar surface area (TPSA) is 136 Å². The number of hydrogen-bond donors (Lipinski definition) is 4. The molecule has 1 amide bonds. The fourth-order valence-electron chi connectivity index (χ4n) is 2.62. The fourth-order valence-corrected chi connectivity index (χ4v) is 4.07. The smallest absolute Gasteiger partial charge is 0.248 e. The van der Waals surface area contributed by atoms with E-state index in [1.807, 2.05) is 0 Å². The number of amides is 1. The summed E-state index contributed by atoms with van der Waals surface area (Å²) in [5.41, 5.74) is 11.0. The number of sulfonamides is 1. The molecule has 2 rings (SSSR count). The molecule has 7 nitrogen and oxygen atoms in total. The van der Waals surface area contributed by atoms with E-state index in [2.05, 4.69) is 4.72 Å². The van der Waals surface area contributed by atoms with Crippen LogP contribution in [0.15, 0.2) is 23.1 Å². The van der Waals surface area contributed by atoms with Crippen molar-refractivity contribution in [3.63, 3.8) is 0 Å². The minimum atomic E-state index is -3.80. The zero-order valence-corrected chi connectivity index (χ0v) is 12.3. The molecule has 2 atom stereocenters. The molecule has 0 bridgehead atoms. The Hall–Kier alpha value is -1.64. The van der Waals surface area contributed by atoms with Gasteiger partial charge in [-0.05, 0) is 37.0 Å². The van der Waals surface area contributed by atoms with E-state index in [0.29, 0.717) is 6.42 Å². The summed E-state index contributed by atoms with van der Waals surface area (Å²) in [5, 5.41) is 9.25. The molecule has 0 aliphatic heterocycles. The van der Waals surface area contributed by atoms with Crippen molar-refractivity contribution >= 4 is 21.6 Å². The fraction of sp³-hybridized carbons (Fsp3) is 0.462. The van der Waals surface area contributed by atoms with Crippen LogP contribution < -0.4 is 16.2 Å². The number of aliphatic hydroxyl groups is 1. The van der Waals surface area contributed by atoms with Gasteiger partial charge < -0.3 is 16.6 Å². The molecule has 1 aliphatic carbocycles. The number of carbonyl (C=O) groups excluding carboxylic acids is 1. The molecule has 6 N–H and O–H groups in total. The molecule has 21 heavy (non-hydrogen) atoms. The summed E-state index contributed by atoms with van der Waals surface area (Å²) in [6, 6.07) is 3.54. The van der Waals surface area contributed by atoms with Gasteiger partial charge in [0.2, 0.25) is 15.9 Å². The number of carbonyl (C=O) groups is 1. The summed E-state index contributed by atoms with van der Waals surface area (Å²) in [7, 11) is -3.80. The highest BCUT2D eigenvalue weighted by atomic mass is 32.2. The number of rotatable bonds is 5. The van der Waals surface area contributed by atoms with Gasteiger partial charge >= 0.3 is 0 Å². The van der Waals surface area contributed by atoms with Crippen LogP contribution in [-0.2, 0) is 10.0 Å². The summed E-state index contributed by atoms with van der Waals surface area (Å²) in [5.74, 6) is -0.749. The molecular formula is C13H19N3O4S. The van der Waals surface area contributed by atoms with Gasteiger partial charge in [-0.3, -0.25) is 4.79 Å². The van der Waals surface area contributed by atoms with Gasteiger partial charge in [0, 0.05) is 18.2 Å². The minimum Gasteiger partial charge on any atom is -0.398 e. The highest BCUT2D eigenvalue weighted by molar-refractivity contribution is 7.89. The molecule has 0 aromatic heterocycles. The second-order valence-corrected chi connectivity index (χ2v) is 6.90. The van der Waals surface area contributed by atoms with Crippen molar-refractivity contribution in [2.75, 3.05) is 12.3 Å². The molecule has 0 heterocycles. The second kappa shape index (κ2) is 6.00. The molecular weight excluding hydrogens is 294 g/mol.